The minimum absolute atomic E-state index is 0. The van der Waals surface area contributed by atoms with Crippen LogP contribution in [0.2, 0.25) is 0 Å². The Labute approximate surface area is 101 Å². The summed E-state index contributed by atoms with van der Waals surface area (Å²) in [6, 6.07) is 0. The molecule has 0 aliphatic carbocycles. The molecule has 2 heterocycles. The Kier molecular flexibility index (Phi) is 4.53. The van der Waals surface area contributed by atoms with Crippen LogP contribution in [-0.2, 0) is 0 Å². The minimum atomic E-state index is -1.62. The monoisotopic (exact) mass is 271 g/mol. The number of halogens is 5. The Hall–Kier alpha value is -1.08. The van der Waals surface area contributed by atoms with Crippen molar-refractivity contribution in [2.75, 3.05) is 31.1 Å². The van der Waals surface area contributed by atoms with Crippen LogP contribution in [0, 0.1) is 23.5 Å². The van der Waals surface area contributed by atoms with Crippen LogP contribution in [0.15, 0.2) is 0 Å². The lowest BCUT2D eigenvalue weighted by atomic mass is 10.2. The van der Waals surface area contributed by atoms with Crippen molar-refractivity contribution < 1.29 is 17.6 Å². The molecule has 2 rings (SSSR count). The van der Waals surface area contributed by atoms with Crippen LogP contribution >= 0.6 is 12.4 Å². The first-order valence-electron chi connectivity index (χ1n) is 4.77. The van der Waals surface area contributed by atoms with Gasteiger partial charge in [-0.05, 0) is 0 Å². The first kappa shape index (κ1) is 14.0. The van der Waals surface area contributed by atoms with Gasteiger partial charge in [-0.15, -0.1) is 12.4 Å². The fourth-order valence-corrected chi connectivity index (χ4v) is 1.64. The van der Waals surface area contributed by atoms with Gasteiger partial charge in [0.15, 0.2) is 0 Å². The number of aromatic nitrogens is 1. The molecular weight excluding hydrogens is 262 g/mol. The highest BCUT2D eigenvalue weighted by Gasteiger charge is 2.25. The molecule has 1 aliphatic heterocycles. The summed E-state index contributed by atoms with van der Waals surface area (Å²) in [5.41, 5.74) is -0.675. The smallest absolute Gasteiger partial charge is 0.253 e. The number of nitrogens with one attached hydrogen (secondary N) is 1. The predicted molar refractivity (Wildman–Crippen MR) is 56.4 cm³/mol. The van der Waals surface area contributed by atoms with Crippen molar-refractivity contribution in [1.29, 1.82) is 0 Å². The van der Waals surface area contributed by atoms with E-state index in [0.717, 1.165) is 0 Å². The standard InChI is InChI=1S/C9H9F4N3.ClH/c10-5-7(16-3-1-14-2-4-16)6(11)9(13)15-8(5)12;/h14H,1-4H2;1H. The van der Waals surface area contributed by atoms with Gasteiger partial charge >= 0.3 is 0 Å². The highest BCUT2D eigenvalue weighted by atomic mass is 35.5. The fourth-order valence-electron chi connectivity index (χ4n) is 1.64. The van der Waals surface area contributed by atoms with Gasteiger partial charge in [-0.3, -0.25) is 0 Å². The van der Waals surface area contributed by atoms with Crippen molar-refractivity contribution >= 4 is 18.1 Å². The average molecular weight is 272 g/mol. The Morgan fingerprint density at radius 3 is 1.88 bits per heavy atom. The van der Waals surface area contributed by atoms with E-state index >= 15 is 0 Å². The molecule has 0 radical (unpaired) electrons. The van der Waals surface area contributed by atoms with Gasteiger partial charge < -0.3 is 10.2 Å². The van der Waals surface area contributed by atoms with Crippen molar-refractivity contribution in [2.24, 2.45) is 0 Å². The van der Waals surface area contributed by atoms with E-state index in [0.29, 0.717) is 13.1 Å². The van der Waals surface area contributed by atoms with Crippen molar-refractivity contribution in [3.8, 4) is 0 Å². The van der Waals surface area contributed by atoms with Crippen LogP contribution in [-0.4, -0.2) is 31.2 Å². The largest absolute Gasteiger partial charge is 0.364 e. The normalized spacial score (nSPS) is 15.6. The molecule has 0 saturated carbocycles. The molecule has 1 aromatic heterocycles. The summed E-state index contributed by atoms with van der Waals surface area (Å²) in [5, 5.41) is 2.96. The quantitative estimate of drug-likeness (QED) is 0.619. The number of hydrogen-bond acceptors (Lipinski definition) is 3. The van der Waals surface area contributed by atoms with Crippen LogP contribution < -0.4 is 10.2 Å². The van der Waals surface area contributed by atoms with E-state index in [1.54, 1.807) is 0 Å². The van der Waals surface area contributed by atoms with Crippen LogP contribution in [0.25, 0.3) is 0 Å². The van der Waals surface area contributed by atoms with Gasteiger partial charge in [0.25, 0.3) is 11.9 Å². The SMILES string of the molecule is Cl.Fc1nc(F)c(F)c(N2CCNCC2)c1F. The molecule has 17 heavy (non-hydrogen) atoms. The Morgan fingerprint density at radius 1 is 0.941 bits per heavy atom. The van der Waals surface area contributed by atoms with E-state index in [4.69, 9.17) is 0 Å². The van der Waals surface area contributed by atoms with E-state index in [9.17, 15) is 17.6 Å². The lowest BCUT2D eigenvalue weighted by Crippen LogP contribution is -2.44. The zero-order valence-corrected chi connectivity index (χ0v) is 9.46. The Morgan fingerprint density at radius 2 is 1.41 bits per heavy atom. The molecule has 0 spiro atoms. The number of pyridine rings is 1. The van der Waals surface area contributed by atoms with E-state index in [-0.39, 0.29) is 25.5 Å². The number of piperazine rings is 1. The third kappa shape index (κ3) is 2.61. The number of nitrogens with zero attached hydrogens (tertiary/aromatic N) is 2. The molecule has 0 atom stereocenters. The second kappa shape index (κ2) is 5.50. The predicted octanol–water partition coefficient (Wildman–Crippen LogP) is 1.47. The molecular formula is C9H10ClF4N3. The van der Waals surface area contributed by atoms with Crippen LogP contribution in [0.5, 0.6) is 0 Å². The molecule has 1 aromatic rings. The second-order valence-corrected chi connectivity index (χ2v) is 3.41. The molecule has 8 heteroatoms. The summed E-state index contributed by atoms with van der Waals surface area (Å²) in [7, 11) is 0. The lowest BCUT2D eigenvalue weighted by Gasteiger charge is -2.29. The maximum absolute atomic E-state index is 13.3. The minimum Gasteiger partial charge on any atom is -0.364 e. The van der Waals surface area contributed by atoms with Gasteiger partial charge in [0.05, 0.1) is 0 Å². The molecule has 96 valence electrons. The van der Waals surface area contributed by atoms with E-state index in [1.807, 2.05) is 0 Å². The molecule has 0 amide bonds. The van der Waals surface area contributed by atoms with E-state index in [2.05, 4.69) is 10.3 Å². The summed E-state index contributed by atoms with van der Waals surface area (Å²) in [4.78, 5) is 3.76. The highest BCUT2D eigenvalue weighted by molar-refractivity contribution is 5.85. The maximum Gasteiger partial charge on any atom is 0.253 e. The molecule has 1 saturated heterocycles. The number of hydrogen-bond donors (Lipinski definition) is 1. The summed E-state index contributed by atoms with van der Waals surface area (Å²) < 4.78 is 52.3. The van der Waals surface area contributed by atoms with Crippen molar-refractivity contribution in [3.63, 3.8) is 0 Å². The molecule has 1 fully saturated rings. The first-order valence-corrected chi connectivity index (χ1v) is 4.77. The molecule has 0 unspecified atom stereocenters. The van der Waals surface area contributed by atoms with Gasteiger partial charge in [-0.1, -0.05) is 0 Å². The third-order valence-corrected chi connectivity index (χ3v) is 2.41. The number of anilines is 1. The van der Waals surface area contributed by atoms with Crippen LogP contribution in [0.4, 0.5) is 23.2 Å². The van der Waals surface area contributed by atoms with Crippen molar-refractivity contribution in [1.82, 2.24) is 10.3 Å². The zero-order chi connectivity index (χ0) is 11.7. The second-order valence-electron chi connectivity index (χ2n) is 3.41. The van der Waals surface area contributed by atoms with Gasteiger partial charge in [-0.2, -0.15) is 22.5 Å². The summed E-state index contributed by atoms with van der Waals surface area (Å²) >= 11 is 0. The van der Waals surface area contributed by atoms with Crippen molar-refractivity contribution in [2.45, 2.75) is 0 Å². The first-order chi connectivity index (χ1) is 7.61. The summed E-state index contributed by atoms with van der Waals surface area (Å²) in [6.45, 7) is 1.59. The fraction of sp³-hybridized carbons (Fsp3) is 0.444. The van der Waals surface area contributed by atoms with E-state index < -0.39 is 29.2 Å². The van der Waals surface area contributed by atoms with Crippen LogP contribution in [0.1, 0.15) is 0 Å². The molecule has 3 nitrogen and oxygen atoms in total. The summed E-state index contributed by atoms with van der Waals surface area (Å²) in [6.07, 6.45) is 0. The average Bonchev–Trinajstić information content (AvgIpc) is 2.28. The van der Waals surface area contributed by atoms with E-state index in [1.165, 1.54) is 4.90 Å². The topological polar surface area (TPSA) is 28.2 Å². The molecule has 0 bridgehead atoms. The highest BCUT2D eigenvalue weighted by Crippen LogP contribution is 2.26. The lowest BCUT2D eigenvalue weighted by molar-refractivity contribution is 0.403. The van der Waals surface area contributed by atoms with Gasteiger partial charge in [0.2, 0.25) is 11.6 Å². The molecule has 1 aliphatic rings. The zero-order valence-electron chi connectivity index (χ0n) is 8.64. The Bertz CT molecular complexity index is 383. The Balaban J connectivity index is 0.00000144. The van der Waals surface area contributed by atoms with Gasteiger partial charge in [0, 0.05) is 26.2 Å². The number of rotatable bonds is 1. The van der Waals surface area contributed by atoms with Gasteiger partial charge in [0.1, 0.15) is 5.69 Å². The van der Waals surface area contributed by atoms with Gasteiger partial charge in [-0.25, -0.2) is 0 Å². The molecule has 1 N–H and O–H groups in total. The third-order valence-electron chi connectivity index (χ3n) is 2.41. The summed E-state index contributed by atoms with van der Waals surface area (Å²) in [5.74, 6) is -6.12. The van der Waals surface area contributed by atoms with Crippen LogP contribution in [0.3, 0.4) is 0 Å². The molecule has 0 aromatic carbocycles. The maximum atomic E-state index is 13.3. The van der Waals surface area contributed by atoms with Crippen molar-refractivity contribution in [3.05, 3.63) is 23.5 Å².